The number of amides is 2. The first-order valence-corrected chi connectivity index (χ1v) is 9.90. The van der Waals surface area contributed by atoms with Gasteiger partial charge in [0.05, 0.1) is 7.05 Å². The molecule has 0 saturated heterocycles. The highest BCUT2D eigenvalue weighted by molar-refractivity contribution is 5.93. The van der Waals surface area contributed by atoms with Crippen LogP contribution in [-0.4, -0.2) is 43.4 Å². The molecule has 2 rings (SSSR count). The number of quaternary nitrogens is 1. The Balaban J connectivity index is 1.92. The molecule has 0 radical (unpaired) electrons. The second kappa shape index (κ2) is 10.2. The molecule has 0 aliphatic rings. The van der Waals surface area contributed by atoms with Crippen LogP contribution in [-0.2, 0) is 16.1 Å². The lowest BCUT2D eigenvalue weighted by molar-refractivity contribution is -0.862. The van der Waals surface area contributed by atoms with E-state index in [0.717, 1.165) is 32.8 Å². The van der Waals surface area contributed by atoms with Crippen LogP contribution in [0.3, 0.4) is 0 Å². The standard InChI is InChI=1S/C23H30FN3O2/c1-6-27(13-19-8-7-9-20(24)12-19)22(29)15-26(5)14-21(28)25-23-17(3)10-16(2)11-18(23)4/h7-12H,6,13-15H2,1-5H3,(H,25,28)/p+1. The van der Waals surface area contributed by atoms with Gasteiger partial charge in [0.25, 0.3) is 11.8 Å². The summed E-state index contributed by atoms with van der Waals surface area (Å²) in [5.74, 6) is -0.504. The van der Waals surface area contributed by atoms with Gasteiger partial charge in [-0.05, 0) is 56.5 Å². The fourth-order valence-corrected chi connectivity index (χ4v) is 3.50. The first kappa shape index (κ1) is 22.6. The molecule has 0 aliphatic heterocycles. The van der Waals surface area contributed by atoms with Gasteiger partial charge in [-0.1, -0.05) is 29.8 Å². The van der Waals surface area contributed by atoms with Gasteiger partial charge in [-0.25, -0.2) is 4.39 Å². The summed E-state index contributed by atoms with van der Waals surface area (Å²) < 4.78 is 13.4. The average Bonchev–Trinajstić information content (AvgIpc) is 2.62. The summed E-state index contributed by atoms with van der Waals surface area (Å²) in [6, 6.07) is 10.3. The number of benzene rings is 2. The number of hydrogen-bond donors (Lipinski definition) is 2. The Labute approximate surface area is 172 Å². The average molecular weight is 401 g/mol. The number of anilines is 1. The molecule has 29 heavy (non-hydrogen) atoms. The highest BCUT2D eigenvalue weighted by Gasteiger charge is 2.20. The fourth-order valence-electron chi connectivity index (χ4n) is 3.50. The first-order chi connectivity index (χ1) is 13.7. The van der Waals surface area contributed by atoms with Crippen LogP contribution in [0.4, 0.5) is 10.1 Å². The van der Waals surface area contributed by atoms with Crippen molar-refractivity contribution in [3.8, 4) is 0 Å². The third-order valence-electron chi connectivity index (χ3n) is 4.85. The van der Waals surface area contributed by atoms with Gasteiger partial charge < -0.3 is 15.1 Å². The zero-order valence-corrected chi connectivity index (χ0v) is 17.9. The molecular formula is C23H31FN3O2+. The maximum absolute atomic E-state index is 13.4. The maximum atomic E-state index is 13.4. The van der Waals surface area contributed by atoms with E-state index in [9.17, 15) is 14.0 Å². The van der Waals surface area contributed by atoms with E-state index in [4.69, 9.17) is 0 Å². The molecule has 1 unspecified atom stereocenters. The Morgan fingerprint density at radius 2 is 1.72 bits per heavy atom. The van der Waals surface area contributed by atoms with Crippen LogP contribution < -0.4 is 10.2 Å². The quantitative estimate of drug-likeness (QED) is 0.714. The Morgan fingerprint density at radius 1 is 1.07 bits per heavy atom. The van der Waals surface area contributed by atoms with Crippen LogP contribution in [0.1, 0.15) is 29.2 Å². The van der Waals surface area contributed by atoms with Gasteiger partial charge in [0.1, 0.15) is 5.82 Å². The van der Waals surface area contributed by atoms with Crippen LogP contribution in [0.2, 0.25) is 0 Å². The fraction of sp³-hybridized carbons (Fsp3) is 0.391. The van der Waals surface area contributed by atoms with Crippen molar-refractivity contribution in [2.24, 2.45) is 0 Å². The molecule has 2 aromatic rings. The van der Waals surface area contributed by atoms with Gasteiger partial charge in [-0.3, -0.25) is 9.59 Å². The highest BCUT2D eigenvalue weighted by Crippen LogP contribution is 2.21. The number of hydrogen-bond acceptors (Lipinski definition) is 2. The summed E-state index contributed by atoms with van der Waals surface area (Å²) in [7, 11) is 1.82. The molecule has 2 amide bonds. The molecule has 2 aromatic carbocycles. The van der Waals surface area contributed by atoms with E-state index in [2.05, 4.69) is 5.32 Å². The SMILES string of the molecule is CCN(Cc1cccc(F)c1)C(=O)C[NH+](C)CC(=O)Nc1c(C)cc(C)cc1C. The predicted molar refractivity (Wildman–Crippen MR) is 113 cm³/mol. The molecule has 0 spiro atoms. The van der Waals surface area contributed by atoms with Crippen LogP contribution in [0.5, 0.6) is 0 Å². The van der Waals surface area contributed by atoms with Crippen molar-refractivity contribution >= 4 is 17.5 Å². The Morgan fingerprint density at radius 3 is 2.31 bits per heavy atom. The van der Waals surface area contributed by atoms with E-state index in [0.29, 0.717) is 13.1 Å². The van der Waals surface area contributed by atoms with Crippen molar-refractivity contribution in [1.82, 2.24) is 4.90 Å². The van der Waals surface area contributed by atoms with Crippen molar-refractivity contribution in [2.75, 3.05) is 32.0 Å². The largest absolute Gasteiger partial charge is 0.334 e. The van der Waals surface area contributed by atoms with E-state index in [1.165, 1.54) is 12.1 Å². The van der Waals surface area contributed by atoms with E-state index in [1.807, 2.05) is 46.9 Å². The summed E-state index contributed by atoms with van der Waals surface area (Å²) in [4.78, 5) is 27.6. The number of carbonyl (C=O) groups excluding carboxylic acids is 2. The molecule has 6 heteroatoms. The molecule has 0 aromatic heterocycles. The Bertz CT molecular complexity index is 859. The smallest absolute Gasteiger partial charge is 0.279 e. The van der Waals surface area contributed by atoms with Gasteiger partial charge in [0, 0.05) is 18.8 Å². The molecule has 0 bridgehead atoms. The van der Waals surface area contributed by atoms with Crippen LogP contribution in [0.25, 0.3) is 0 Å². The molecule has 1 atom stereocenters. The summed E-state index contributed by atoms with van der Waals surface area (Å²) in [5.41, 5.74) is 4.79. The third kappa shape index (κ3) is 6.68. The number of nitrogens with one attached hydrogen (secondary N) is 2. The number of halogens is 1. The van der Waals surface area contributed by atoms with E-state index < -0.39 is 0 Å². The summed E-state index contributed by atoms with van der Waals surface area (Å²) in [6.45, 7) is 9.13. The number of carbonyl (C=O) groups is 2. The topological polar surface area (TPSA) is 53.9 Å². The summed E-state index contributed by atoms with van der Waals surface area (Å²) >= 11 is 0. The number of aryl methyl sites for hydroxylation is 3. The van der Waals surface area contributed by atoms with Gasteiger partial charge in [0.15, 0.2) is 13.1 Å². The second-order valence-corrected chi connectivity index (χ2v) is 7.67. The molecule has 0 saturated carbocycles. The minimum absolute atomic E-state index is 0.0650. The van der Waals surface area contributed by atoms with E-state index in [1.54, 1.807) is 17.0 Å². The van der Waals surface area contributed by atoms with Crippen molar-refractivity contribution < 1.29 is 18.9 Å². The Hall–Kier alpha value is -2.73. The minimum atomic E-state index is -0.313. The van der Waals surface area contributed by atoms with Crippen LogP contribution in [0.15, 0.2) is 36.4 Å². The third-order valence-corrected chi connectivity index (χ3v) is 4.85. The number of rotatable bonds is 8. The zero-order chi connectivity index (χ0) is 21.6. The van der Waals surface area contributed by atoms with E-state index >= 15 is 0 Å². The van der Waals surface area contributed by atoms with Crippen molar-refractivity contribution in [2.45, 2.75) is 34.2 Å². The molecule has 156 valence electrons. The summed E-state index contributed by atoms with van der Waals surface area (Å²) in [6.07, 6.45) is 0. The van der Waals surface area contributed by atoms with Crippen LogP contribution in [0, 0.1) is 26.6 Å². The highest BCUT2D eigenvalue weighted by atomic mass is 19.1. The molecular weight excluding hydrogens is 369 g/mol. The zero-order valence-electron chi connectivity index (χ0n) is 17.9. The van der Waals surface area contributed by atoms with Crippen LogP contribution >= 0.6 is 0 Å². The lowest BCUT2D eigenvalue weighted by atomic mass is 10.1. The van der Waals surface area contributed by atoms with Gasteiger partial charge in [-0.15, -0.1) is 0 Å². The van der Waals surface area contributed by atoms with Gasteiger partial charge in [0.2, 0.25) is 0 Å². The lowest BCUT2D eigenvalue weighted by Gasteiger charge is -2.23. The molecule has 0 heterocycles. The lowest BCUT2D eigenvalue weighted by Crippen LogP contribution is -3.11. The molecule has 0 aliphatic carbocycles. The second-order valence-electron chi connectivity index (χ2n) is 7.67. The summed E-state index contributed by atoms with van der Waals surface area (Å²) in [5, 5.41) is 2.97. The van der Waals surface area contributed by atoms with Crippen molar-refractivity contribution in [1.29, 1.82) is 0 Å². The van der Waals surface area contributed by atoms with Gasteiger partial charge >= 0.3 is 0 Å². The Kier molecular flexibility index (Phi) is 7.91. The van der Waals surface area contributed by atoms with E-state index in [-0.39, 0.29) is 30.7 Å². The molecule has 2 N–H and O–H groups in total. The van der Waals surface area contributed by atoms with Gasteiger partial charge in [-0.2, -0.15) is 0 Å². The first-order valence-electron chi connectivity index (χ1n) is 9.90. The molecule has 5 nitrogen and oxygen atoms in total. The van der Waals surface area contributed by atoms with Crippen molar-refractivity contribution in [3.63, 3.8) is 0 Å². The number of likely N-dealkylation sites (N-methyl/N-ethyl adjacent to an activating group) is 2. The number of nitrogens with zero attached hydrogens (tertiary/aromatic N) is 1. The van der Waals surface area contributed by atoms with Crippen molar-refractivity contribution in [3.05, 3.63) is 64.5 Å². The minimum Gasteiger partial charge on any atom is -0.334 e. The predicted octanol–water partition coefficient (Wildman–Crippen LogP) is 2.25. The molecule has 0 fully saturated rings. The normalized spacial score (nSPS) is 11.8. The maximum Gasteiger partial charge on any atom is 0.279 e. The monoisotopic (exact) mass is 400 g/mol.